The SMILES string of the molecule is N#Cc1ccc(C(=O)N2C3CCC2CC(Oc2ccccn2)C3)cc1. The maximum Gasteiger partial charge on any atom is 0.254 e. The molecule has 0 saturated carbocycles. The number of nitriles is 1. The average molecular weight is 333 g/mol. The third-order valence-corrected chi connectivity index (χ3v) is 5.11. The van der Waals surface area contributed by atoms with E-state index in [1.807, 2.05) is 23.1 Å². The van der Waals surface area contributed by atoms with Crippen molar-refractivity contribution in [3.05, 3.63) is 59.8 Å². The summed E-state index contributed by atoms with van der Waals surface area (Å²) in [4.78, 5) is 19.2. The number of piperidine rings is 1. The second-order valence-corrected chi connectivity index (χ2v) is 6.67. The first-order chi connectivity index (χ1) is 12.2. The lowest BCUT2D eigenvalue weighted by Gasteiger charge is -2.38. The van der Waals surface area contributed by atoms with Crippen LogP contribution in [0.2, 0.25) is 0 Å². The molecule has 126 valence electrons. The molecular formula is C20H19N3O2. The average Bonchev–Trinajstić information content (AvgIpc) is 2.92. The van der Waals surface area contributed by atoms with Crippen molar-refractivity contribution in [2.24, 2.45) is 0 Å². The molecule has 3 heterocycles. The molecule has 5 heteroatoms. The van der Waals surface area contributed by atoms with Gasteiger partial charge in [0.25, 0.3) is 5.91 Å². The zero-order valence-corrected chi connectivity index (χ0v) is 13.8. The number of benzene rings is 1. The quantitative estimate of drug-likeness (QED) is 0.865. The number of rotatable bonds is 3. The van der Waals surface area contributed by atoms with E-state index in [9.17, 15) is 4.79 Å². The Morgan fingerprint density at radius 2 is 1.84 bits per heavy atom. The molecular weight excluding hydrogens is 314 g/mol. The van der Waals surface area contributed by atoms with E-state index in [0.717, 1.165) is 25.7 Å². The number of nitrogens with zero attached hydrogens (tertiary/aromatic N) is 3. The Bertz CT molecular complexity index is 784. The van der Waals surface area contributed by atoms with Gasteiger partial charge in [0, 0.05) is 42.8 Å². The zero-order chi connectivity index (χ0) is 17.2. The first-order valence-electron chi connectivity index (χ1n) is 8.65. The Labute approximate surface area is 146 Å². The third kappa shape index (κ3) is 3.08. The topological polar surface area (TPSA) is 66.2 Å². The predicted molar refractivity (Wildman–Crippen MR) is 92.0 cm³/mol. The summed E-state index contributed by atoms with van der Waals surface area (Å²) in [5.41, 5.74) is 1.22. The molecule has 0 N–H and O–H groups in total. The molecule has 1 aromatic carbocycles. The number of ether oxygens (including phenoxy) is 1. The van der Waals surface area contributed by atoms with Crippen molar-refractivity contribution >= 4 is 5.91 Å². The van der Waals surface area contributed by atoms with E-state index in [2.05, 4.69) is 11.1 Å². The summed E-state index contributed by atoms with van der Waals surface area (Å²) in [6.45, 7) is 0. The lowest BCUT2D eigenvalue weighted by atomic mass is 9.98. The van der Waals surface area contributed by atoms with Crippen molar-refractivity contribution in [1.82, 2.24) is 9.88 Å². The maximum absolute atomic E-state index is 12.9. The standard InChI is InChI=1S/C20H19N3O2/c21-13-14-4-6-15(7-5-14)20(24)23-16-8-9-17(23)12-18(11-16)25-19-3-1-2-10-22-19/h1-7,10,16-18H,8-9,11-12H2. The van der Waals surface area contributed by atoms with Gasteiger partial charge in [-0.05, 0) is 43.2 Å². The van der Waals surface area contributed by atoms with Gasteiger partial charge in [-0.25, -0.2) is 4.98 Å². The van der Waals surface area contributed by atoms with Crippen molar-refractivity contribution in [3.8, 4) is 11.9 Å². The van der Waals surface area contributed by atoms with E-state index in [-0.39, 0.29) is 24.1 Å². The molecule has 2 aromatic rings. The Morgan fingerprint density at radius 3 is 2.44 bits per heavy atom. The lowest BCUT2D eigenvalue weighted by Crippen LogP contribution is -2.49. The Morgan fingerprint density at radius 1 is 1.12 bits per heavy atom. The molecule has 2 bridgehead atoms. The van der Waals surface area contributed by atoms with Crippen LogP contribution in [0.1, 0.15) is 41.6 Å². The van der Waals surface area contributed by atoms with Crippen molar-refractivity contribution in [3.63, 3.8) is 0 Å². The van der Waals surface area contributed by atoms with E-state index in [1.54, 1.807) is 30.5 Å². The molecule has 0 spiro atoms. The Hall–Kier alpha value is -2.87. The second-order valence-electron chi connectivity index (χ2n) is 6.67. The molecule has 2 saturated heterocycles. The number of hydrogen-bond donors (Lipinski definition) is 0. The van der Waals surface area contributed by atoms with E-state index < -0.39 is 0 Å². The summed E-state index contributed by atoms with van der Waals surface area (Å²) in [5.74, 6) is 0.715. The molecule has 2 atom stereocenters. The van der Waals surface area contributed by atoms with Crippen LogP contribution >= 0.6 is 0 Å². The summed E-state index contributed by atoms with van der Waals surface area (Å²) >= 11 is 0. The Kier molecular flexibility index (Phi) is 4.10. The van der Waals surface area contributed by atoms with Gasteiger partial charge < -0.3 is 9.64 Å². The number of carbonyl (C=O) groups excluding carboxylic acids is 1. The first kappa shape index (κ1) is 15.6. The number of pyridine rings is 1. The fraction of sp³-hybridized carbons (Fsp3) is 0.350. The normalized spacial score (nSPS) is 24.6. The minimum atomic E-state index is 0.0632. The Balaban J connectivity index is 1.46. The molecule has 2 unspecified atom stereocenters. The van der Waals surface area contributed by atoms with Crippen LogP contribution in [-0.2, 0) is 0 Å². The van der Waals surface area contributed by atoms with Gasteiger partial charge in [0.05, 0.1) is 11.6 Å². The van der Waals surface area contributed by atoms with Crippen LogP contribution in [0.5, 0.6) is 5.88 Å². The molecule has 2 aliphatic rings. The summed E-state index contributed by atoms with van der Waals surface area (Å²) in [7, 11) is 0. The maximum atomic E-state index is 12.9. The highest BCUT2D eigenvalue weighted by Crippen LogP contribution is 2.38. The van der Waals surface area contributed by atoms with Gasteiger partial charge in [-0.2, -0.15) is 5.26 Å². The first-order valence-corrected chi connectivity index (χ1v) is 8.65. The van der Waals surface area contributed by atoms with E-state index in [4.69, 9.17) is 10.00 Å². The number of fused-ring (bicyclic) bond motifs is 2. The number of aromatic nitrogens is 1. The highest BCUT2D eigenvalue weighted by molar-refractivity contribution is 5.95. The zero-order valence-electron chi connectivity index (χ0n) is 13.8. The van der Waals surface area contributed by atoms with Crippen LogP contribution in [0.25, 0.3) is 0 Å². The van der Waals surface area contributed by atoms with Gasteiger partial charge >= 0.3 is 0 Å². The number of carbonyl (C=O) groups is 1. The molecule has 4 rings (SSSR count). The molecule has 2 fully saturated rings. The predicted octanol–water partition coefficient (Wildman–Crippen LogP) is 3.17. The van der Waals surface area contributed by atoms with E-state index >= 15 is 0 Å². The largest absolute Gasteiger partial charge is 0.474 e. The van der Waals surface area contributed by atoms with Gasteiger partial charge in [-0.3, -0.25) is 4.79 Å². The molecule has 0 radical (unpaired) electrons. The third-order valence-electron chi connectivity index (χ3n) is 5.11. The minimum absolute atomic E-state index is 0.0632. The van der Waals surface area contributed by atoms with Crippen LogP contribution in [0.15, 0.2) is 48.7 Å². The highest BCUT2D eigenvalue weighted by atomic mass is 16.5. The van der Waals surface area contributed by atoms with Crippen molar-refractivity contribution in [2.45, 2.75) is 43.9 Å². The van der Waals surface area contributed by atoms with Gasteiger partial charge in [0.1, 0.15) is 6.10 Å². The van der Waals surface area contributed by atoms with Gasteiger partial charge in [0.2, 0.25) is 5.88 Å². The minimum Gasteiger partial charge on any atom is -0.474 e. The fourth-order valence-corrected chi connectivity index (χ4v) is 3.98. The summed E-state index contributed by atoms with van der Waals surface area (Å²) in [5, 5.41) is 8.90. The smallest absolute Gasteiger partial charge is 0.254 e. The fourth-order valence-electron chi connectivity index (χ4n) is 3.98. The number of amides is 1. The number of hydrogen-bond acceptors (Lipinski definition) is 4. The molecule has 25 heavy (non-hydrogen) atoms. The van der Waals surface area contributed by atoms with E-state index in [0.29, 0.717) is 17.0 Å². The highest BCUT2D eigenvalue weighted by Gasteiger charge is 2.44. The lowest BCUT2D eigenvalue weighted by molar-refractivity contribution is 0.0348. The van der Waals surface area contributed by atoms with Crippen LogP contribution in [0, 0.1) is 11.3 Å². The van der Waals surface area contributed by atoms with Gasteiger partial charge in [-0.1, -0.05) is 6.07 Å². The van der Waals surface area contributed by atoms with Crippen LogP contribution in [-0.4, -0.2) is 34.0 Å². The van der Waals surface area contributed by atoms with Crippen LogP contribution in [0.4, 0.5) is 0 Å². The van der Waals surface area contributed by atoms with Crippen molar-refractivity contribution < 1.29 is 9.53 Å². The molecule has 2 aliphatic heterocycles. The molecule has 1 aromatic heterocycles. The second kappa shape index (κ2) is 6.56. The van der Waals surface area contributed by atoms with Crippen LogP contribution in [0.3, 0.4) is 0 Å². The molecule has 0 aliphatic carbocycles. The summed E-state index contributed by atoms with van der Waals surface area (Å²) < 4.78 is 6.02. The molecule has 1 amide bonds. The monoisotopic (exact) mass is 333 g/mol. The summed E-state index contributed by atoms with van der Waals surface area (Å²) in [6, 6.07) is 15.1. The van der Waals surface area contributed by atoms with Gasteiger partial charge in [0.15, 0.2) is 0 Å². The summed E-state index contributed by atoms with van der Waals surface area (Å²) in [6.07, 6.45) is 5.57. The van der Waals surface area contributed by atoms with E-state index in [1.165, 1.54) is 0 Å². The van der Waals surface area contributed by atoms with Crippen LogP contribution < -0.4 is 4.74 Å². The molecule has 5 nitrogen and oxygen atoms in total. The van der Waals surface area contributed by atoms with Crippen molar-refractivity contribution in [1.29, 1.82) is 5.26 Å². The van der Waals surface area contributed by atoms with Gasteiger partial charge in [-0.15, -0.1) is 0 Å². The van der Waals surface area contributed by atoms with Crippen molar-refractivity contribution in [2.75, 3.05) is 0 Å².